The summed E-state index contributed by atoms with van der Waals surface area (Å²) in [6, 6.07) is 18.7. The molecule has 0 fully saturated rings. The van der Waals surface area contributed by atoms with Gasteiger partial charge < -0.3 is 0 Å². The van der Waals surface area contributed by atoms with Gasteiger partial charge in [-0.25, -0.2) is 0 Å². The maximum Gasteiger partial charge on any atom is 0.0986 e. The predicted octanol–water partition coefficient (Wildman–Crippen LogP) is 5.10. The first-order valence-electron chi connectivity index (χ1n) is 8.61. The zero-order chi connectivity index (χ0) is 16.8. The molecule has 3 heterocycles. The van der Waals surface area contributed by atoms with Gasteiger partial charge in [0.2, 0.25) is 0 Å². The maximum absolute atomic E-state index is 5.12. The fraction of sp³-hybridized carbons (Fsp3) is 0.136. The van der Waals surface area contributed by atoms with Gasteiger partial charge >= 0.3 is 0 Å². The van der Waals surface area contributed by atoms with Crippen molar-refractivity contribution in [1.29, 1.82) is 0 Å². The lowest BCUT2D eigenvalue weighted by molar-refractivity contribution is 0.760. The summed E-state index contributed by atoms with van der Waals surface area (Å²) in [4.78, 5) is 14.3. The average Bonchev–Trinajstić information content (AvgIpc) is 2.68. The van der Waals surface area contributed by atoms with Crippen LogP contribution in [-0.4, -0.2) is 15.7 Å². The molecule has 3 nitrogen and oxygen atoms in total. The van der Waals surface area contributed by atoms with E-state index in [4.69, 9.17) is 4.99 Å². The molecule has 0 amide bonds. The van der Waals surface area contributed by atoms with E-state index in [9.17, 15) is 0 Å². The Morgan fingerprint density at radius 2 is 1.48 bits per heavy atom. The summed E-state index contributed by atoms with van der Waals surface area (Å²) in [6.07, 6.45) is 4.64. The van der Waals surface area contributed by atoms with Crippen molar-refractivity contribution in [2.75, 3.05) is 0 Å². The number of aliphatic imine (C=N–C) groups is 1. The van der Waals surface area contributed by atoms with Crippen LogP contribution in [0.25, 0.3) is 21.8 Å². The quantitative estimate of drug-likeness (QED) is 0.457. The van der Waals surface area contributed by atoms with Crippen LogP contribution in [0.15, 0.2) is 72.0 Å². The second-order valence-corrected chi connectivity index (χ2v) is 6.59. The number of hydrogen-bond donors (Lipinski definition) is 0. The van der Waals surface area contributed by atoms with Gasteiger partial charge in [-0.15, -0.1) is 0 Å². The van der Waals surface area contributed by atoms with E-state index in [1.54, 1.807) is 0 Å². The Morgan fingerprint density at radius 1 is 0.800 bits per heavy atom. The predicted molar refractivity (Wildman–Crippen MR) is 103 cm³/mol. The molecule has 0 spiro atoms. The summed E-state index contributed by atoms with van der Waals surface area (Å²) in [5.41, 5.74) is 6.60. The smallest absolute Gasteiger partial charge is 0.0986 e. The van der Waals surface area contributed by atoms with Gasteiger partial charge in [0.1, 0.15) is 0 Å². The van der Waals surface area contributed by atoms with Crippen LogP contribution in [0.1, 0.15) is 18.1 Å². The van der Waals surface area contributed by atoms with E-state index < -0.39 is 0 Å². The molecular formula is C22H17N3. The van der Waals surface area contributed by atoms with Crippen molar-refractivity contribution in [3.63, 3.8) is 0 Å². The summed E-state index contributed by atoms with van der Waals surface area (Å²) < 4.78 is 0. The van der Waals surface area contributed by atoms with Gasteiger partial charge in [-0.3, -0.25) is 15.0 Å². The van der Waals surface area contributed by atoms with Crippen molar-refractivity contribution in [2.24, 2.45) is 10.9 Å². The van der Waals surface area contributed by atoms with E-state index in [1.165, 1.54) is 16.5 Å². The SMILES string of the molecule is CC1Cc2c(c3cccnc3c3ncccc23)N=C1c1ccccc1. The number of benzene rings is 2. The normalized spacial score (nSPS) is 16.7. The fourth-order valence-electron chi connectivity index (χ4n) is 3.84. The molecule has 1 aliphatic heterocycles. The molecule has 1 unspecified atom stereocenters. The highest BCUT2D eigenvalue weighted by molar-refractivity contribution is 6.15. The molecule has 2 aromatic carbocycles. The number of aromatic nitrogens is 2. The lowest BCUT2D eigenvalue weighted by Crippen LogP contribution is -2.19. The molecule has 1 atom stereocenters. The van der Waals surface area contributed by atoms with Crippen LogP contribution >= 0.6 is 0 Å². The molecule has 1 aliphatic rings. The van der Waals surface area contributed by atoms with Crippen molar-refractivity contribution in [3.8, 4) is 0 Å². The minimum Gasteiger partial charge on any atom is -0.254 e. The maximum atomic E-state index is 5.12. The molecule has 0 saturated heterocycles. The van der Waals surface area contributed by atoms with Crippen molar-refractivity contribution in [1.82, 2.24) is 9.97 Å². The van der Waals surface area contributed by atoms with Gasteiger partial charge in [0.05, 0.1) is 22.4 Å². The second-order valence-electron chi connectivity index (χ2n) is 6.59. The lowest BCUT2D eigenvalue weighted by Gasteiger charge is -2.24. The standard InChI is InChI=1S/C22H17N3/c1-14-13-18-16-9-5-11-23-21(16)22-17(10-6-12-24-22)20(18)25-19(14)15-7-3-2-4-8-15/h2-12,14H,13H2,1H3. The van der Waals surface area contributed by atoms with Crippen molar-refractivity contribution in [2.45, 2.75) is 13.3 Å². The first-order valence-corrected chi connectivity index (χ1v) is 8.61. The molecule has 0 saturated carbocycles. The summed E-state index contributed by atoms with van der Waals surface area (Å²) in [6.45, 7) is 2.25. The van der Waals surface area contributed by atoms with Gasteiger partial charge in [-0.05, 0) is 35.7 Å². The Hall–Kier alpha value is -3.07. The van der Waals surface area contributed by atoms with E-state index in [1.807, 2.05) is 30.6 Å². The highest BCUT2D eigenvalue weighted by atomic mass is 14.8. The van der Waals surface area contributed by atoms with Crippen molar-refractivity contribution >= 4 is 33.2 Å². The average molecular weight is 323 g/mol. The zero-order valence-electron chi connectivity index (χ0n) is 14.0. The summed E-state index contributed by atoms with van der Waals surface area (Å²) in [5, 5.41) is 2.26. The first-order chi connectivity index (χ1) is 12.3. The summed E-state index contributed by atoms with van der Waals surface area (Å²) >= 11 is 0. The minimum atomic E-state index is 0.368. The Labute approximate surface area is 146 Å². The van der Waals surface area contributed by atoms with Gasteiger partial charge in [0.15, 0.2) is 0 Å². The first kappa shape index (κ1) is 14.3. The molecule has 0 aliphatic carbocycles. The monoisotopic (exact) mass is 323 g/mol. The Kier molecular flexibility index (Phi) is 3.14. The number of pyridine rings is 2. The molecule has 4 aromatic rings. The number of rotatable bonds is 1. The lowest BCUT2D eigenvalue weighted by atomic mass is 9.85. The minimum absolute atomic E-state index is 0.368. The molecule has 0 bridgehead atoms. The third-order valence-corrected chi connectivity index (χ3v) is 4.98. The van der Waals surface area contributed by atoms with Gasteiger partial charge in [-0.2, -0.15) is 0 Å². The van der Waals surface area contributed by atoms with E-state index in [0.29, 0.717) is 5.92 Å². The highest BCUT2D eigenvalue weighted by Crippen LogP contribution is 2.41. The molecule has 0 radical (unpaired) electrons. The van der Waals surface area contributed by atoms with Gasteiger partial charge in [-0.1, -0.05) is 43.3 Å². The van der Waals surface area contributed by atoms with Crippen LogP contribution in [0.4, 0.5) is 5.69 Å². The molecule has 0 N–H and O–H groups in total. The molecular weight excluding hydrogens is 306 g/mol. The van der Waals surface area contributed by atoms with Crippen LogP contribution in [0, 0.1) is 5.92 Å². The third-order valence-electron chi connectivity index (χ3n) is 4.98. The molecule has 2 aromatic heterocycles. The van der Waals surface area contributed by atoms with Crippen LogP contribution < -0.4 is 0 Å². The van der Waals surface area contributed by atoms with Gasteiger partial charge in [0, 0.05) is 29.1 Å². The van der Waals surface area contributed by atoms with E-state index >= 15 is 0 Å². The fourth-order valence-corrected chi connectivity index (χ4v) is 3.84. The second kappa shape index (κ2) is 5.49. The Bertz CT molecular complexity index is 1130. The molecule has 25 heavy (non-hydrogen) atoms. The molecule has 3 heteroatoms. The zero-order valence-corrected chi connectivity index (χ0v) is 14.0. The number of nitrogens with zero attached hydrogens (tertiary/aromatic N) is 3. The van der Waals surface area contributed by atoms with Crippen LogP contribution in [0.5, 0.6) is 0 Å². The number of hydrogen-bond acceptors (Lipinski definition) is 3. The van der Waals surface area contributed by atoms with E-state index in [0.717, 1.165) is 34.2 Å². The Morgan fingerprint density at radius 3 is 2.24 bits per heavy atom. The number of fused-ring (bicyclic) bond motifs is 6. The van der Waals surface area contributed by atoms with Crippen LogP contribution in [-0.2, 0) is 6.42 Å². The topological polar surface area (TPSA) is 38.1 Å². The largest absolute Gasteiger partial charge is 0.254 e. The van der Waals surface area contributed by atoms with Crippen LogP contribution in [0.3, 0.4) is 0 Å². The summed E-state index contributed by atoms with van der Waals surface area (Å²) in [7, 11) is 0. The highest BCUT2D eigenvalue weighted by Gasteiger charge is 2.25. The van der Waals surface area contributed by atoms with E-state index in [2.05, 4.69) is 53.3 Å². The molecule has 5 rings (SSSR count). The van der Waals surface area contributed by atoms with Crippen molar-refractivity contribution in [3.05, 3.63) is 78.1 Å². The third kappa shape index (κ3) is 2.16. The Balaban J connectivity index is 1.89. The summed E-state index contributed by atoms with van der Waals surface area (Å²) in [5.74, 6) is 0.368. The molecule has 120 valence electrons. The van der Waals surface area contributed by atoms with E-state index in [-0.39, 0.29) is 0 Å². The van der Waals surface area contributed by atoms with Gasteiger partial charge in [0.25, 0.3) is 0 Å². The van der Waals surface area contributed by atoms with Crippen molar-refractivity contribution < 1.29 is 0 Å². The van der Waals surface area contributed by atoms with Crippen LogP contribution in [0.2, 0.25) is 0 Å².